The third-order valence-corrected chi connectivity index (χ3v) is 6.59. The maximum atomic E-state index is 13.5. The first-order chi connectivity index (χ1) is 11.4. The lowest BCUT2D eigenvalue weighted by atomic mass is 10.1. The number of hydrogen-bond acceptors (Lipinski definition) is 4. The molecule has 0 spiro atoms. The van der Waals surface area contributed by atoms with E-state index >= 15 is 0 Å². The van der Waals surface area contributed by atoms with Crippen LogP contribution in [0.2, 0.25) is 0 Å². The summed E-state index contributed by atoms with van der Waals surface area (Å²) in [6.45, 7) is 4.52. The van der Waals surface area contributed by atoms with E-state index in [4.69, 9.17) is 0 Å². The lowest BCUT2D eigenvalue weighted by Crippen LogP contribution is -2.39. The van der Waals surface area contributed by atoms with Crippen LogP contribution in [-0.2, 0) is 16.4 Å². The lowest BCUT2D eigenvalue weighted by Gasteiger charge is -2.32. The van der Waals surface area contributed by atoms with Gasteiger partial charge < -0.3 is 4.57 Å². The average Bonchev–Trinajstić information content (AvgIpc) is 3.05. The molecule has 1 aromatic carbocycles. The molecular formula is C16H21FN4O2S. The largest absolute Gasteiger partial charge is 0.314 e. The van der Waals surface area contributed by atoms with Crippen molar-refractivity contribution in [2.24, 2.45) is 0 Å². The van der Waals surface area contributed by atoms with Crippen LogP contribution in [0.25, 0.3) is 0 Å². The van der Waals surface area contributed by atoms with Gasteiger partial charge in [0.1, 0.15) is 18.0 Å². The second-order valence-electron chi connectivity index (χ2n) is 6.05. The zero-order chi connectivity index (χ0) is 17.3. The molecular weight excluding hydrogens is 331 g/mol. The number of rotatable bonds is 4. The monoisotopic (exact) mass is 352 g/mol. The van der Waals surface area contributed by atoms with Gasteiger partial charge in [0.25, 0.3) is 0 Å². The number of aryl methyl sites for hydroxylation is 2. The van der Waals surface area contributed by atoms with Crippen LogP contribution in [0.3, 0.4) is 0 Å². The fourth-order valence-corrected chi connectivity index (χ4v) is 4.88. The number of nitrogens with zero attached hydrogens (tertiary/aromatic N) is 4. The van der Waals surface area contributed by atoms with Crippen LogP contribution < -0.4 is 0 Å². The van der Waals surface area contributed by atoms with Gasteiger partial charge in [-0.3, -0.25) is 0 Å². The number of aromatic nitrogens is 3. The Kier molecular flexibility index (Phi) is 4.69. The van der Waals surface area contributed by atoms with Gasteiger partial charge in [-0.2, -0.15) is 4.31 Å². The zero-order valence-corrected chi connectivity index (χ0v) is 14.6. The molecule has 1 saturated heterocycles. The summed E-state index contributed by atoms with van der Waals surface area (Å²) in [4.78, 5) is 0.0551. The quantitative estimate of drug-likeness (QED) is 0.847. The van der Waals surface area contributed by atoms with Crippen LogP contribution in [-0.4, -0.2) is 40.6 Å². The summed E-state index contributed by atoms with van der Waals surface area (Å²) in [6.07, 6.45) is 3.89. The molecule has 0 atom stereocenters. The van der Waals surface area contributed by atoms with Crippen molar-refractivity contribution < 1.29 is 12.8 Å². The first-order valence-electron chi connectivity index (χ1n) is 8.08. The van der Waals surface area contributed by atoms with Crippen molar-refractivity contribution in [2.75, 3.05) is 13.1 Å². The lowest BCUT2D eigenvalue weighted by molar-refractivity contribution is 0.270. The predicted molar refractivity (Wildman–Crippen MR) is 87.6 cm³/mol. The SMILES string of the molecule is CCc1nncn1C1CCN(S(=O)(=O)c2cc(F)ccc2C)CC1. The summed E-state index contributed by atoms with van der Waals surface area (Å²) in [7, 11) is -3.67. The van der Waals surface area contributed by atoms with Gasteiger partial charge in [0.05, 0.1) is 4.90 Å². The third kappa shape index (κ3) is 3.08. The van der Waals surface area contributed by atoms with Gasteiger partial charge in [0.2, 0.25) is 10.0 Å². The van der Waals surface area contributed by atoms with E-state index in [1.165, 1.54) is 16.4 Å². The second kappa shape index (κ2) is 6.60. The second-order valence-corrected chi connectivity index (χ2v) is 7.96. The fourth-order valence-electron chi connectivity index (χ4n) is 3.18. The Balaban J connectivity index is 1.77. The molecule has 1 fully saturated rings. The van der Waals surface area contributed by atoms with Crippen LogP contribution in [0, 0.1) is 12.7 Å². The minimum Gasteiger partial charge on any atom is -0.314 e. The third-order valence-electron chi connectivity index (χ3n) is 4.55. The molecule has 3 rings (SSSR count). The predicted octanol–water partition coefficient (Wildman–Crippen LogP) is 2.31. The molecule has 1 aromatic heterocycles. The van der Waals surface area contributed by atoms with Crippen LogP contribution >= 0.6 is 0 Å². The summed E-state index contributed by atoms with van der Waals surface area (Å²) in [5.74, 6) is 0.378. The normalized spacial score (nSPS) is 17.3. The molecule has 0 bridgehead atoms. The molecule has 130 valence electrons. The Morgan fingerprint density at radius 1 is 1.29 bits per heavy atom. The van der Waals surface area contributed by atoms with Crippen molar-refractivity contribution in [1.82, 2.24) is 19.1 Å². The molecule has 0 N–H and O–H groups in total. The molecule has 1 aliphatic heterocycles. The smallest absolute Gasteiger partial charge is 0.243 e. The highest BCUT2D eigenvalue weighted by atomic mass is 32.2. The molecule has 0 unspecified atom stereocenters. The van der Waals surface area contributed by atoms with Gasteiger partial charge in [-0.15, -0.1) is 10.2 Å². The number of piperidine rings is 1. The minimum atomic E-state index is -3.67. The van der Waals surface area contributed by atoms with Gasteiger partial charge in [0.15, 0.2) is 0 Å². The molecule has 6 nitrogen and oxygen atoms in total. The number of hydrogen-bond donors (Lipinski definition) is 0. The van der Waals surface area contributed by atoms with Crippen LogP contribution in [0.15, 0.2) is 29.4 Å². The van der Waals surface area contributed by atoms with E-state index in [-0.39, 0.29) is 10.9 Å². The van der Waals surface area contributed by atoms with Crippen molar-refractivity contribution in [3.8, 4) is 0 Å². The standard InChI is InChI=1S/C16H21FN4O2S/c1-3-16-19-18-11-21(16)14-6-8-20(9-7-14)24(22,23)15-10-13(17)5-4-12(15)2/h4-5,10-11,14H,3,6-9H2,1-2H3. The molecule has 8 heteroatoms. The topological polar surface area (TPSA) is 68.1 Å². The molecule has 2 aromatic rings. The first-order valence-corrected chi connectivity index (χ1v) is 9.52. The van der Waals surface area contributed by atoms with Crippen LogP contribution in [0.1, 0.15) is 37.2 Å². The van der Waals surface area contributed by atoms with Gasteiger partial charge in [-0.1, -0.05) is 13.0 Å². The Morgan fingerprint density at radius 3 is 2.67 bits per heavy atom. The van der Waals surface area contributed by atoms with Gasteiger partial charge >= 0.3 is 0 Å². The highest BCUT2D eigenvalue weighted by Crippen LogP contribution is 2.28. The molecule has 0 radical (unpaired) electrons. The Morgan fingerprint density at radius 2 is 2.00 bits per heavy atom. The summed E-state index contributed by atoms with van der Waals surface area (Å²) in [5.41, 5.74) is 0.561. The molecule has 0 aliphatic carbocycles. The maximum Gasteiger partial charge on any atom is 0.243 e. The van der Waals surface area contributed by atoms with E-state index in [1.807, 2.05) is 11.5 Å². The molecule has 1 aliphatic rings. The van der Waals surface area contributed by atoms with E-state index in [0.29, 0.717) is 31.5 Å². The summed E-state index contributed by atoms with van der Waals surface area (Å²) < 4.78 is 42.6. The fraction of sp³-hybridized carbons (Fsp3) is 0.500. The van der Waals surface area contributed by atoms with Crippen molar-refractivity contribution in [1.29, 1.82) is 0 Å². The Bertz CT molecular complexity index is 826. The van der Waals surface area contributed by atoms with Crippen LogP contribution in [0.4, 0.5) is 4.39 Å². The highest BCUT2D eigenvalue weighted by molar-refractivity contribution is 7.89. The summed E-state index contributed by atoms with van der Waals surface area (Å²) in [5, 5.41) is 8.03. The maximum absolute atomic E-state index is 13.5. The van der Waals surface area contributed by atoms with Gasteiger partial charge in [-0.05, 0) is 37.5 Å². The van der Waals surface area contributed by atoms with Crippen molar-refractivity contribution in [3.63, 3.8) is 0 Å². The van der Waals surface area contributed by atoms with Crippen LogP contribution in [0.5, 0.6) is 0 Å². The van der Waals surface area contributed by atoms with E-state index in [0.717, 1.165) is 18.3 Å². The van der Waals surface area contributed by atoms with E-state index in [2.05, 4.69) is 10.2 Å². The molecule has 2 heterocycles. The number of benzene rings is 1. The minimum absolute atomic E-state index is 0.0551. The number of sulfonamides is 1. The van der Waals surface area contributed by atoms with Gasteiger partial charge in [0, 0.05) is 25.6 Å². The Labute approximate surface area is 141 Å². The first kappa shape index (κ1) is 17.0. The molecule has 0 saturated carbocycles. The van der Waals surface area contributed by atoms with E-state index in [9.17, 15) is 12.8 Å². The summed E-state index contributed by atoms with van der Waals surface area (Å²) in [6, 6.07) is 4.08. The average molecular weight is 352 g/mol. The van der Waals surface area contributed by atoms with Crippen molar-refractivity contribution in [2.45, 2.75) is 44.0 Å². The van der Waals surface area contributed by atoms with Gasteiger partial charge in [-0.25, -0.2) is 12.8 Å². The van der Waals surface area contributed by atoms with Crippen molar-refractivity contribution >= 4 is 10.0 Å². The highest BCUT2D eigenvalue weighted by Gasteiger charge is 2.31. The van der Waals surface area contributed by atoms with E-state index < -0.39 is 15.8 Å². The number of halogens is 1. The summed E-state index contributed by atoms with van der Waals surface area (Å²) >= 11 is 0. The van der Waals surface area contributed by atoms with Crippen molar-refractivity contribution in [3.05, 3.63) is 41.7 Å². The molecule has 0 amide bonds. The van der Waals surface area contributed by atoms with E-state index in [1.54, 1.807) is 13.3 Å². The molecule has 24 heavy (non-hydrogen) atoms. The Hall–Kier alpha value is -1.80. The zero-order valence-electron chi connectivity index (χ0n) is 13.8.